The third-order valence-corrected chi connectivity index (χ3v) is 1.86. The first-order valence-corrected chi connectivity index (χ1v) is 4.71. The van der Waals surface area contributed by atoms with Crippen LogP contribution in [0.25, 0.3) is 0 Å². The second-order valence-electron chi connectivity index (χ2n) is 3.11. The maximum absolute atomic E-state index is 11.3. The molecule has 0 aliphatic rings. The van der Waals surface area contributed by atoms with Gasteiger partial charge in [-0.1, -0.05) is 5.92 Å². The Morgan fingerprint density at radius 2 is 2.53 bits per heavy atom. The molecule has 4 nitrogen and oxygen atoms in total. The van der Waals surface area contributed by atoms with Crippen molar-refractivity contribution in [2.75, 3.05) is 13.1 Å². The fraction of sp³-hybridized carbons (Fsp3) is 0.364. The van der Waals surface area contributed by atoms with Gasteiger partial charge in [0.15, 0.2) is 0 Å². The summed E-state index contributed by atoms with van der Waals surface area (Å²) in [6.45, 7) is 2.47. The fourth-order valence-corrected chi connectivity index (χ4v) is 1.15. The number of rotatable bonds is 5. The number of hydrogen-bond acceptors (Lipinski definition) is 3. The van der Waals surface area contributed by atoms with Gasteiger partial charge in [-0.05, 0) is 19.1 Å². The highest BCUT2D eigenvalue weighted by Gasteiger charge is 2.10. The van der Waals surface area contributed by atoms with Crippen molar-refractivity contribution >= 4 is 5.91 Å². The fourth-order valence-electron chi connectivity index (χ4n) is 1.15. The Kier molecular flexibility index (Phi) is 4.45. The second-order valence-corrected chi connectivity index (χ2v) is 3.11. The molecule has 0 radical (unpaired) electrons. The molecule has 0 aromatic carbocycles. The smallest absolute Gasteiger partial charge is 0.234 e. The maximum Gasteiger partial charge on any atom is 0.234 e. The minimum atomic E-state index is -0.125. The second kappa shape index (κ2) is 5.89. The molecule has 4 heteroatoms. The molecule has 1 aromatic rings. The number of furan rings is 1. The van der Waals surface area contributed by atoms with E-state index in [1.165, 1.54) is 0 Å². The number of terminal acetylenes is 1. The summed E-state index contributed by atoms with van der Waals surface area (Å²) in [5.41, 5.74) is 0. The standard InChI is InChI=1S/C11H14N2O2/c1-3-6-12-8-11(14)13-9(2)10-5-4-7-15-10/h1,4-5,7,9,12H,6,8H2,2H3,(H,13,14). The van der Waals surface area contributed by atoms with Crippen molar-refractivity contribution in [1.82, 2.24) is 10.6 Å². The first-order valence-electron chi connectivity index (χ1n) is 4.71. The van der Waals surface area contributed by atoms with Gasteiger partial charge in [0.1, 0.15) is 5.76 Å². The SMILES string of the molecule is C#CCNCC(=O)NC(C)c1ccco1. The van der Waals surface area contributed by atoms with Gasteiger partial charge in [-0.2, -0.15) is 0 Å². The van der Waals surface area contributed by atoms with Crippen LogP contribution in [-0.2, 0) is 4.79 Å². The van der Waals surface area contributed by atoms with Gasteiger partial charge in [-0.25, -0.2) is 0 Å². The van der Waals surface area contributed by atoms with Crippen molar-refractivity contribution in [3.63, 3.8) is 0 Å². The van der Waals surface area contributed by atoms with Crippen molar-refractivity contribution in [2.24, 2.45) is 0 Å². The number of amides is 1. The van der Waals surface area contributed by atoms with E-state index in [2.05, 4.69) is 16.6 Å². The highest BCUT2D eigenvalue weighted by atomic mass is 16.3. The number of hydrogen-bond donors (Lipinski definition) is 2. The number of carbonyl (C=O) groups is 1. The lowest BCUT2D eigenvalue weighted by Gasteiger charge is -2.11. The van der Waals surface area contributed by atoms with Gasteiger partial charge in [0.05, 0.1) is 25.4 Å². The van der Waals surface area contributed by atoms with Crippen LogP contribution in [0.2, 0.25) is 0 Å². The predicted molar refractivity (Wildman–Crippen MR) is 57.0 cm³/mol. The van der Waals surface area contributed by atoms with Gasteiger partial charge in [0.25, 0.3) is 0 Å². The molecule has 1 rings (SSSR count). The molecule has 0 aliphatic heterocycles. The average molecular weight is 206 g/mol. The monoisotopic (exact) mass is 206 g/mol. The molecule has 0 bridgehead atoms. The van der Waals surface area contributed by atoms with Gasteiger partial charge < -0.3 is 9.73 Å². The van der Waals surface area contributed by atoms with Crippen molar-refractivity contribution in [3.05, 3.63) is 24.2 Å². The first-order chi connectivity index (χ1) is 7.24. The summed E-state index contributed by atoms with van der Waals surface area (Å²) in [6, 6.07) is 3.48. The zero-order chi connectivity index (χ0) is 11.1. The molecule has 0 aliphatic carbocycles. The quantitative estimate of drug-likeness (QED) is 0.550. The van der Waals surface area contributed by atoms with Gasteiger partial charge in [0, 0.05) is 0 Å². The van der Waals surface area contributed by atoms with Gasteiger partial charge >= 0.3 is 0 Å². The summed E-state index contributed by atoms with van der Waals surface area (Å²) >= 11 is 0. The summed E-state index contributed by atoms with van der Waals surface area (Å²) in [4.78, 5) is 11.3. The van der Waals surface area contributed by atoms with Gasteiger partial charge in [0.2, 0.25) is 5.91 Å². The molecule has 1 atom stereocenters. The van der Waals surface area contributed by atoms with E-state index in [1.54, 1.807) is 12.3 Å². The Balaban J connectivity index is 2.29. The Morgan fingerprint density at radius 1 is 1.73 bits per heavy atom. The van der Waals surface area contributed by atoms with E-state index in [9.17, 15) is 4.79 Å². The minimum absolute atomic E-state index is 0.103. The van der Waals surface area contributed by atoms with Crippen molar-refractivity contribution < 1.29 is 9.21 Å². The molecular formula is C11H14N2O2. The summed E-state index contributed by atoms with van der Waals surface area (Å²) in [6.07, 6.45) is 6.61. The lowest BCUT2D eigenvalue weighted by atomic mass is 10.2. The van der Waals surface area contributed by atoms with Crippen LogP contribution in [0.1, 0.15) is 18.7 Å². The van der Waals surface area contributed by atoms with Crippen LogP contribution in [0, 0.1) is 12.3 Å². The molecule has 0 saturated heterocycles. The van der Waals surface area contributed by atoms with Crippen molar-refractivity contribution in [2.45, 2.75) is 13.0 Å². The van der Waals surface area contributed by atoms with Crippen LogP contribution in [0.3, 0.4) is 0 Å². The molecule has 2 N–H and O–H groups in total. The highest BCUT2D eigenvalue weighted by molar-refractivity contribution is 5.78. The van der Waals surface area contributed by atoms with Crippen LogP contribution in [0.5, 0.6) is 0 Å². The molecular weight excluding hydrogens is 192 g/mol. The normalized spacial score (nSPS) is 11.7. The summed E-state index contributed by atoms with van der Waals surface area (Å²) in [5.74, 6) is 3.03. The molecule has 1 unspecified atom stereocenters. The molecule has 0 fully saturated rings. The lowest BCUT2D eigenvalue weighted by Crippen LogP contribution is -2.35. The summed E-state index contributed by atoms with van der Waals surface area (Å²) in [7, 11) is 0. The minimum Gasteiger partial charge on any atom is -0.467 e. The van der Waals surface area contributed by atoms with Gasteiger partial charge in [-0.3, -0.25) is 10.1 Å². The van der Waals surface area contributed by atoms with Crippen LogP contribution in [-0.4, -0.2) is 19.0 Å². The zero-order valence-corrected chi connectivity index (χ0v) is 8.62. The molecule has 0 saturated carbocycles. The van der Waals surface area contributed by atoms with Crippen LogP contribution in [0.4, 0.5) is 0 Å². The average Bonchev–Trinajstić information content (AvgIpc) is 2.70. The molecule has 15 heavy (non-hydrogen) atoms. The van der Waals surface area contributed by atoms with E-state index in [0.717, 1.165) is 5.76 Å². The Bertz CT molecular complexity index is 338. The third-order valence-electron chi connectivity index (χ3n) is 1.86. The van der Waals surface area contributed by atoms with Crippen molar-refractivity contribution in [3.8, 4) is 12.3 Å². The number of nitrogens with one attached hydrogen (secondary N) is 2. The Labute approximate surface area is 89.0 Å². The third kappa shape index (κ3) is 3.88. The molecule has 1 aromatic heterocycles. The van der Waals surface area contributed by atoms with E-state index in [4.69, 9.17) is 10.8 Å². The van der Waals surface area contributed by atoms with E-state index < -0.39 is 0 Å². The maximum atomic E-state index is 11.3. The topological polar surface area (TPSA) is 54.3 Å². The molecule has 80 valence electrons. The van der Waals surface area contributed by atoms with Gasteiger partial charge in [-0.15, -0.1) is 6.42 Å². The molecule has 1 heterocycles. The van der Waals surface area contributed by atoms with E-state index in [-0.39, 0.29) is 18.5 Å². The molecule has 1 amide bonds. The highest BCUT2D eigenvalue weighted by Crippen LogP contribution is 2.11. The first kappa shape index (κ1) is 11.3. The van der Waals surface area contributed by atoms with E-state index in [0.29, 0.717) is 6.54 Å². The Hall–Kier alpha value is -1.73. The number of carbonyl (C=O) groups excluding carboxylic acids is 1. The molecule has 0 spiro atoms. The van der Waals surface area contributed by atoms with Crippen LogP contribution in [0.15, 0.2) is 22.8 Å². The lowest BCUT2D eigenvalue weighted by molar-refractivity contribution is -0.120. The predicted octanol–water partition coefficient (Wildman–Crippen LogP) is 0.680. The van der Waals surface area contributed by atoms with Crippen molar-refractivity contribution in [1.29, 1.82) is 0 Å². The van der Waals surface area contributed by atoms with E-state index >= 15 is 0 Å². The summed E-state index contributed by atoms with van der Waals surface area (Å²) < 4.78 is 5.15. The largest absolute Gasteiger partial charge is 0.467 e. The Morgan fingerprint density at radius 3 is 3.13 bits per heavy atom. The summed E-state index contributed by atoms with van der Waals surface area (Å²) in [5, 5.41) is 5.58. The zero-order valence-electron chi connectivity index (χ0n) is 8.62. The van der Waals surface area contributed by atoms with E-state index in [1.807, 2.05) is 13.0 Å². The van der Waals surface area contributed by atoms with Crippen LogP contribution >= 0.6 is 0 Å². The van der Waals surface area contributed by atoms with Crippen LogP contribution < -0.4 is 10.6 Å².